The van der Waals surface area contributed by atoms with Crippen LogP contribution in [0.4, 0.5) is 0 Å². The molecule has 0 aliphatic rings. The first-order valence-corrected chi connectivity index (χ1v) is 6.06. The summed E-state index contributed by atoms with van der Waals surface area (Å²) in [4.78, 5) is 10.7. The Morgan fingerprint density at radius 2 is 1.87 bits per heavy atom. The van der Waals surface area contributed by atoms with Crippen LogP contribution in [0.1, 0.15) is 58.3 Å². The Labute approximate surface area is 93.4 Å². The predicted molar refractivity (Wildman–Crippen MR) is 63.9 cm³/mol. The third kappa shape index (κ3) is 8.22. The van der Waals surface area contributed by atoms with Crippen molar-refractivity contribution in [2.75, 3.05) is 0 Å². The van der Waals surface area contributed by atoms with Gasteiger partial charge in [0, 0.05) is 0 Å². The minimum absolute atomic E-state index is 0.127. The molecule has 0 aliphatic carbocycles. The molecule has 88 valence electrons. The summed E-state index contributed by atoms with van der Waals surface area (Å²) >= 11 is 0. The molecule has 0 bridgehead atoms. The SMILES string of the molecule is C=CCCCCCCCC(CC)C(=O)O. The third-order valence-electron chi connectivity index (χ3n) is 2.80. The number of hydrogen-bond acceptors (Lipinski definition) is 1. The molecular formula is C13H24O2. The van der Waals surface area contributed by atoms with E-state index in [0.29, 0.717) is 0 Å². The van der Waals surface area contributed by atoms with Gasteiger partial charge in [-0.3, -0.25) is 4.79 Å². The van der Waals surface area contributed by atoms with Crippen LogP contribution in [-0.4, -0.2) is 11.1 Å². The number of carboxylic acid groups (broad SMARTS) is 1. The van der Waals surface area contributed by atoms with Gasteiger partial charge in [0.15, 0.2) is 0 Å². The van der Waals surface area contributed by atoms with Crippen molar-refractivity contribution in [3.8, 4) is 0 Å². The van der Waals surface area contributed by atoms with Crippen molar-refractivity contribution >= 4 is 5.97 Å². The number of allylic oxidation sites excluding steroid dienone is 1. The largest absolute Gasteiger partial charge is 0.481 e. The normalized spacial score (nSPS) is 12.3. The second kappa shape index (κ2) is 9.75. The second-order valence-electron chi connectivity index (χ2n) is 4.08. The van der Waals surface area contributed by atoms with Crippen molar-refractivity contribution in [3.05, 3.63) is 12.7 Å². The predicted octanol–water partition coefficient (Wildman–Crippen LogP) is 4.01. The molecular weight excluding hydrogens is 188 g/mol. The minimum Gasteiger partial charge on any atom is -0.481 e. The maximum absolute atomic E-state index is 10.7. The van der Waals surface area contributed by atoms with Gasteiger partial charge in [0.05, 0.1) is 5.92 Å². The molecule has 0 aliphatic heterocycles. The molecule has 1 atom stereocenters. The number of rotatable bonds is 10. The highest BCUT2D eigenvalue weighted by atomic mass is 16.4. The molecule has 2 nitrogen and oxygen atoms in total. The molecule has 0 aromatic heterocycles. The van der Waals surface area contributed by atoms with E-state index in [-0.39, 0.29) is 5.92 Å². The summed E-state index contributed by atoms with van der Waals surface area (Å²) in [6, 6.07) is 0. The van der Waals surface area contributed by atoms with Crippen molar-refractivity contribution in [2.45, 2.75) is 58.3 Å². The number of unbranched alkanes of at least 4 members (excludes halogenated alkanes) is 5. The van der Waals surface area contributed by atoms with Crippen molar-refractivity contribution < 1.29 is 9.90 Å². The quantitative estimate of drug-likeness (QED) is 0.439. The van der Waals surface area contributed by atoms with Gasteiger partial charge in [-0.1, -0.05) is 38.7 Å². The van der Waals surface area contributed by atoms with E-state index in [1.54, 1.807) is 0 Å². The van der Waals surface area contributed by atoms with Crippen LogP contribution in [0.2, 0.25) is 0 Å². The van der Waals surface area contributed by atoms with Gasteiger partial charge >= 0.3 is 5.97 Å². The van der Waals surface area contributed by atoms with Crippen LogP contribution < -0.4 is 0 Å². The van der Waals surface area contributed by atoms with Gasteiger partial charge in [-0.05, 0) is 25.7 Å². The molecule has 15 heavy (non-hydrogen) atoms. The summed E-state index contributed by atoms with van der Waals surface area (Å²) in [7, 11) is 0. The highest BCUT2D eigenvalue weighted by molar-refractivity contribution is 5.69. The Hall–Kier alpha value is -0.790. The lowest BCUT2D eigenvalue weighted by molar-refractivity contribution is -0.142. The molecule has 1 N–H and O–H groups in total. The van der Waals surface area contributed by atoms with E-state index in [4.69, 9.17) is 5.11 Å². The van der Waals surface area contributed by atoms with Crippen molar-refractivity contribution in [1.29, 1.82) is 0 Å². The fourth-order valence-electron chi connectivity index (χ4n) is 1.71. The van der Waals surface area contributed by atoms with Crippen LogP contribution in [0.5, 0.6) is 0 Å². The van der Waals surface area contributed by atoms with Crippen LogP contribution in [0, 0.1) is 5.92 Å². The average Bonchev–Trinajstić information content (AvgIpc) is 2.21. The molecule has 0 saturated heterocycles. The van der Waals surface area contributed by atoms with Gasteiger partial charge in [-0.15, -0.1) is 6.58 Å². The Bertz CT molecular complexity index is 175. The molecule has 0 rings (SSSR count). The number of carbonyl (C=O) groups is 1. The van der Waals surface area contributed by atoms with Crippen molar-refractivity contribution in [1.82, 2.24) is 0 Å². The van der Waals surface area contributed by atoms with Crippen LogP contribution in [0.3, 0.4) is 0 Å². The van der Waals surface area contributed by atoms with Crippen LogP contribution in [0.25, 0.3) is 0 Å². The van der Waals surface area contributed by atoms with Gasteiger partial charge in [0.2, 0.25) is 0 Å². The van der Waals surface area contributed by atoms with E-state index < -0.39 is 5.97 Å². The van der Waals surface area contributed by atoms with Crippen molar-refractivity contribution in [3.63, 3.8) is 0 Å². The lowest BCUT2D eigenvalue weighted by Gasteiger charge is -2.08. The van der Waals surface area contributed by atoms with Gasteiger partial charge in [-0.2, -0.15) is 0 Å². The summed E-state index contributed by atoms with van der Waals surface area (Å²) in [5, 5.41) is 8.83. The highest BCUT2D eigenvalue weighted by Crippen LogP contribution is 2.15. The lowest BCUT2D eigenvalue weighted by atomic mass is 9.98. The summed E-state index contributed by atoms with van der Waals surface area (Å²) in [6.07, 6.45) is 10.6. The molecule has 0 spiro atoms. The van der Waals surface area contributed by atoms with Gasteiger partial charge in [0.1, 0.15) is 0 Å². The minimum atomic E-state index is -0.635. The molecule has 0 fully saturated rings. The Kier molecular flexibility index (Phi) is 9.24. The average molecular weight is 212 g/mol. The van der Waals surface area contributed by atoms with E-state index in [1.807, 2.05) is 13.0 Å². The zero-order valence-electron chi connectivity index (χ0n) is 9.87. The molecule has 2 heteroatoms. The molecule has 0 amide bonds. The summed E-state index contributed by atoms with van der Waals surface area (Å²) in [5.74, 6) is -0.762. The molecule has 0 saturated carbocycles. The first-order valence-electron chi connectivity index (χ1n) is 6.06. The smallest absolute Gasteiger partial charge is 0.306 e. The van der Waals surface area contributed by atoms with E-state index in [2.05, 4.69) is 6.58 Å². The van der Waals surface area contributed by atoms with Gasteiger partial charge < -0.3 is 5.11 Å². The highest BCUT2D eigenvalue weighted by Gasteiger charge is 2.13. The van der Waals surface area contributed by atoms with Crippen LogP contribution >= 0.6 is 0 Å². The number of aliphatic carboxylic acids is 1. The lowest BCUT2D eigenvalue weighted by Crippen LogP contribution is -2.12. The first-order chi connectivity index (χ1) is 7.22. The van der Waals surface area contributed by atoms with E-state index in [9.17, 15) is 4.79 Å². The standard InChI is InChI=1S/C13H24O2/c1-3-5-6-7-8-9-10-11-12(4-2)13(14)15/h3,12H,1,4-11H2,2H3,(H,14,15). The summed E-state index contributed by atoms with van der Waals surface area (Å²) in [6.45, 7) is 5.63. The summed E-state index contributed by atoms with van der Waals surface area (Å²) in [5.41, 5.74) is 0. The fraction of sp³-hybridized carbons (Fsp3) is 0.769. The van der Waals surface area contributed by atoms with Gasteiger partial charge in [-0.25, -0.2) is 0 Å². The van der Waals surface area contributed by atoms with Crippen LogP contribution in [-0.2, 0) is 4.79 Å². The molecule has 0 radical (unpaired) electrons. The Morgan fingerprint density at radius 1 is 1.27 bits per heavy atom. The fourth-order valence-corrected chi connectivity index (χ4v) is 1.71. The molecule has 0 aromatic rings. The van der Waals surface area contributed by atoms with E-state index in [0.717, 1.165) is 25.7 Å². The topological polar surface area (TPSA) is 37.3 Å². The molecule has 1 unspecified atom stereocenters. The number of hydrogen-bond donors (Lipinski definition) is 1. The van der Waals surface area contributed by atoms with E-state index >= 15 is 0 Å². The number of carboxylic acids is 1. The Morgan fingerprint density at radius 3 is 2.40 bits per heavy atom. The van der Waals surface area contributed by atoms with E-state index in [1.165, 1.54) is 25.7 Å². The second-order valence-corrected chi connectivity index (χ2v) is 4.08. The van der Waals surface area contributed by atoms with Crippen molar-refractivity contribution in [2.24, 2.45) is 5.92 Å². The Balaban J connectivity index is 3.29. The zero-order chi connectivity index (χ0) is 11.5. The van der Waals surface area contributed by atoms with Crippen LogP contribution in [0.15, 0.2) is 12.7 Å². The zero-order valence-corrected chi connectivity index (χ0v) is 9.87. The molecule has 0 aromatic carbocycles. The maximum atomic E-state index is 10.7. The maximum Gasteiger partial charge on any atom is 0.306 e. The third-order valence-corrected chi connectivity index (χ3v) is 2.80. The first kappa shape index (κ1) is 14.2. The summed E-state index contributed by atoms with van der Waals surface area (Å²) < 4.78 is 0. The monoisotopic (exact) mass is 212 g/mol. The molecule has 0 heterocycles. The van der Waals surface area contributed by atoms with Gasteiger partial charge in [0.25, 0.3) is 0 Å².